The molecule has 188 valence electrons. The number of hydrogen-bond donors (Lipinski definition) is 1. The molecule has 36 heavy (non-hydrogen) atoms. The standard InChI is InChI=1S/C26H27N3O6S/c1-28-13-12-18-14-20(10-11-21(18)28)36(31,32)29(26(30)24(27)17-8-6-5-7-9-17)19-15-22(33-2)25(35-4)23(16-19)34-3/h5-16,24H,27H2,1-4H3/t24-/m0/s1. The van der Waals surface area contributed by atoms with E-state index in [4.69, 9.17) is 19.9 Å². The van der Waals surface area contributed by atoms with E-state index in [1.807, 2.05) is 17.8 Å². The summed E-state index contributed by atoms with van der Waals surface area (Å²) in [7, 11) is 1.68. The normalized spacial score (nSPS) is 12.2. The molecule has 1 amide bonds. The Hall–Kier alpha value is -4.02. The van der Waals surface area contributed by atoms with Gasteiger partial charge in [0.2, 0.25) is 5.75 Å². The molecular formula is C26H27N3O6S. The van der Waals surface area contributed by atoms with Crippen LogP contribution in [0.3, 0.4) is 0 Å². The van der Waals surface area contributed by atoms with Crippen LogP contribution in [-0.2, 0) is 21.9 Å². The average Bonchev–Trinajstić information content (AvgIpc) is 3.27. The van der Waals surface area contributed by atoms with Gasteiger partial charge in [-0.3, -0.25) is 4.79 Å². The van der Waals surface area contributed by atoms with Crippen LogP contribution in [0.4, 0.5) is 5.69 Å². The van der Waals surface area contributed by atoms with Gasteiger partial charge in [0, 0.05) is 36.3 Å². The molecule has 0 aliphatic carbocycles. The molecule has 2 N–H and O–H groups in total. The fourth-order valence-electron chi connectivity index (χ4n) is 4.02. The van der Waals surface area contributed by atoms with Gasteiger partial charge < -0.3 is 24.5 Å². The molecule has 0 fully saturated rings. The molecule has 0 radical (unpaired) electrons. The van der Waals surface area contributed by atoms with Crippen LogP contribution in [-0.4, -0.2) is 40.2 Å². The highest BCUT2D eigenvalue weighted by Gasteiger charge is 2.36. The Bertz CT molecular complexity index is 1490. The van der Waals surface area contributed by atoms with Crippen LogP contribution in [0.2, 0.25) is 0 Å². The number of rotatable bonds is 8. The molecule has 9 nitrogen and oxygen atoms in total. The molecule has 1 aromatic heterocycles. The van der Waals surface area contributed by atoms with E-state index in [2.05, 4.69) is 0 Å². The van der Waals surface area contributed by atoms with Gasteiger partial charge in [0.05, 0.1) is 31.9 Å². The van der Waals surface area contributed by atoms with Crippen molar-refractivity contribution >= 4 is 32.5 Å². The van der Waals surface area contributed by atoms with Crippen molar-refractivity contribution in [2.75, 3.05) is 25.6 Å². The minimum absolute atomic E-state index is 0.00552. The summed E-state index contributed by atoms with van der Waals surface area (Å²) < 4.78 is 46.8. The Morgan fingerprint density at radius 1 is 0.917 bits per heavy atom. The second-order valence-electron chi connectivity index (χ2n) is 8.03. The van der Waals surface area contributed by atoms with Crippen molar-refractivity contribution in [3.05, 3.63) is 78.5 Å². The van der Waals surface area contributed by atoms with Crippen LogP contribution in [0.25, 0.3) is 10.9 Å². The molecule has 10 heteroatoms. The number of benzene rings is 3. The fraction of sp³-hybridized carbons (Fsp3) is 0.192. The molecule has 0 bridgehead atoms. The zero-order valence-corrected chi connectivity index (χ0v) is 21.2. The first-order valence-corrected chi connectivity index (χ1v) is 12.4. The highest BCUT2D eigenvalue weighted by Crippen LogP contribution is 2.42. The van der Waals surface area contributed by atoms with Gasteiger partial charge in [-0.2, -0.15) is 0 Å². The summed E-state index contributed by atoms with van der Waals surface area (Å²) in [6.07, 6.45) is 1.83. The van der Waals surface area contributed by atoms with Gasteiger partial charge in [-0.05, 0) is 29.8 Å². The average molecular weight is 510 g/mol. The molecule has 4 aromatic rings. The summed E-state index contributed by atoms with van der Waals surface area (Å²) in [5.41, 5.74) is 7.61. The van der Waals surface area contributed by atoms with Gasteiger partial charge >= 0.3 is 0 Å². The summed E-state index contributed by atoms with van der Waals surface area (Å²) in [5, 5.41) is 0.711. The number of aromatic nitrogens is 1. The summed E-state index contributed by atoms with van der Waals surface area (Å²) in [5.74, 6) is -0.214. The maximum atomic E-state index is 14.0. The van der Waals surface area contributed by atoms with E-state index >= 15 is 0 Å². The Morgan fingerprint density at radius 3 is 2.14 bits per heavy atom. The topological polar surface area (TPSA) is 113 Å². The van der Waals surface area contributed by atoms with Gasteiger partial charge in [-0.15, -0.1) is 0 Å². The number of sulfonamides is 1. The lowest BCUT2D eigenvalue weighted by Gasteiger charge is -2.27. The quantitative estimate of drug-likeness (QED) is 0.386. The molecule has 0 unspecified atom stereocenters. The molecule has 1 atom stereocenters. The molecule has 1 heterocycles. The number of nitrogens with two attached hydrogens (primary N) is 1. The molecule has 0 spiro atoms. The van der Waals surface area contributed by atoms with Crippen molar-refractivity contribution in [2.24, 2.45) is 12.8 Å². The number of fused-ring (bicyclic) bond motifs is 1. The molecular weight excluding hydrogens is 482 g/mol. The predicted molar refractivity (Wildman–Crippen MR) is 137 cm³/mol. The van der Waals surface area contributed by atoms with Crippen LogP contribution < -0.4 is 24.2 Å². The van der Waals surface area contributed by atoms with E-state index in [0.717, 1.165) is 5.52 Å². The maximum Gasteiger partial charge on any atom is 0.270 e. The second-order valence-corrected chi connectivity index (χ2v) is 9.81. The Labute approximate surface area is 209 Å². The number of carbonyl (C=O) groups is 1. The minimum atomic E-state index is -4.42. The van der Waals surface area contributed by atoms with Gasteiger partial charge in [0.1, 0.15) is 6.04 Å². The van der Waals surface area contributed by atoms with E-state index in [9.17, 15) is 13.2 Å². The van der Waals surface area contributed by atoms with Gasteiger partial charge in [0.25, 0.3) is 15.9 Å². The van der Waals surface area contributed by atoms with Crippen molar-refractivity contribution < 1.29 is 27.4 Å². The second kappa shape index (κ2) is 9.92. The van der Waals surface area contributed by atoms with Crippen molar-refractivity contribution in [3.8, 4) is 17.2 Å². The zero-order valence-electron chi connectivity index (χ0n) is 20.3. The maximum absolute atomic E-state index is 14.0. The van der Waals surface area contributed by atoms with Crippen molar-refractivity contribution in [1.82, 2.24) is 4.57 Å². The van der Waals surface area contributed by atoms with Crippen molar-refractivity contribution in [1.29, 1.82) is 0 Å². The lowest BCUT2D eigenvalue weighted by molar-refractivity contribution is -0.118. The third-order valence-electron chi connectivity index (χ3n) is 5.90. The summed E-state index contributed by atoms with van der Waals surface area (Å²) in [6, 6.07) is 16.6. The predicted octanol–water partition coefficient (Wildman–Crippen LogP) is 3.63. The van der Waals surface area contributed by atoms with Crippen molar-refractivity contribution in [2.45, 2.75) is 10.9 Å². The van der Waals surface area contributed by atoms with Crippen LogP contribution in [0.15, 0.2) is 77.8 Å². The molecule has 4 rings (SSSR count). The molecule has 0 saturated carbocycles. The monoisotopic (exact) mass is 509 g/mol. The summed E-state index contributed by atoms with van der Waals surface area (Å²) in [6.45, 7) is 0. The fourth-order valence-corrected chi connectivity index (χ4v) is 5.48. The SMILES string of the molecule is COc1cc(N(C(=O)[C@@H](N)c2ccccc2)S(=O)(=O)c2ccc3c(ccn3C)c2)cc(OC)c1OC. The van der Waals surface area contributed by atoms with E-state index in [-0.39, 0.29) is 27.8 Å². The highest BCUT2D eigenvalue weighted by molar-refractivity contribution is 7.93. The molecule has 0 saturated heterocycles. The van der Waals surface area contributed by atoms with Gasteiger partial charge in [-0.25, -0.2) is 12.7 Å². The van der Waals surface area contributed by atoms with Gasteiger partial charge in [-0.1, -0.05) is 30.3 Å². The number of aryl methyl sites for hydroxylation is 1. The van der Waals surface area contributed by atoms with Crippen LogP contribution in [0, 0.1) is 0 Å². The Balaban J connectivity index is 1.93. The number of carbonyl (C=O) groups excluding carboxylic acids is 1. The number of amides is 1. The van der Waals surface area contributed by atoms with Crippen LogP contribution in [0.1, 0.15) is 11.6 Å². The van der Waals surface area contributed by atoms with Crippen LogP contribution in [0.5, 0.6) is 17.2 Å². The van der Waals surface area contributed by atoms with E-state index in [1.54, 1.807) is 42.5 Å². The number of methoxy groups -OCH3 is 3. The lowest BCUT2D eigenvalue weighted by Crippen LogP contribution is -2.42. The van der Waals surface area contributed by atoms with Crippen LogP contribution >= 0.6 is 0 Å². The summed E-state index contributed by atoms with van der Waals surface area (Å²) in [4.78, 5) is 13.7. The Morgan fingerprint density at radius 2 is 1.56 bits per heavy atom. The third-order valence-corrected chi connectivity index (χ3v) is 7.62. The van der Waals surface area contributed by atoms with Gasteiger partial charge in [0.15, 0.2) is 11.5 Å². The first-order valence-electron chi connectivity index (χ1n) is 11.0. The largest absolute Gasteiger partial charge is 0.493 e. The third kappa shape index (κ3) is 4.36. The number of anilines is 1. The number of ether oxygens (including phenoxy) is 3. The molecule has 0 aliphatic rings. The van der Waals surface area contributed by atoms with E-state index in [0.29, 0.717) is 15.3 Å². The zero-order chi connectivity index (χ0) is 26.0. The first-order chi connectivity index (χ1) is 17.2. The first kappa shape index (κ1) is 25.1. The number of hydrogen-bond acceptors (Lipinski definition) is 7. The van der Waals surface area contributed by atoms with Crippen molar-refractivity contribution in [3.63, 3.8) is 0 Å². The Kier molecular flexibility index (Phi) is 6.91. The molecule has 0 aliphatic heterocycles. The van der Waals surface area contributed by atoms with E-state index < -0.39 is 22.0 Å². The van der Waals surface area contributed by atoms with E-state index in [1.165, 1.54) is 45.6 Å². The number of nitrogens with zero attached hydrogens (tertiary/aromatic N) is 2. The lowest BCUT2D eigenvalue weighted by atomic mass is 10.1. The molecule has 3 aromatic carbocycles. The minimum Gasteiger partial charge on any atom is -0.493 e. The highest BCUT2D eigenvalue weighted by atomic mass is 32.2. The summed E-state index contributed by atoms with van der Waals surface area (Å²) >= 11 is 0. The smallest absolute Gasteiger partial charge is 0.270 e.